The first-order valence-electron chi connectivity index (χ1n) is 11.0. The van der Waals surface area contributed by atoms with Gasteiger partial charge in [0.25, 0.3) is 5.91 Å². The van der Waals surface area contributed by atoms with E-state index in [1.54, 1.807) is 6.07 Å². The smallest absolute Gasteiger partial charge is 0.255 e. The van der Waals surface area contributed by atoms with Crippen LogP contribution in [0.2, 0.25) is 0 Å². The zero-order chi connectivity index (χ0) is 26.1. The molecule has 1 aromatic heterocycles. The second kappa shape index (κ2) is 9.79. The average molecular weight is 572 g/mol. The van der Waals surface area contributed by atoms with Gasteiger partial charge in [0, 0.05) is 28.8 Å². The van der Waals surface area contributed by atoms with Crippen LogP contribution in [0.25, 0.3) is 0 Å². The van der Waals surface area contributed by atoms with Gasteiger partial charge in [-0.05, 0) is 66.8 Å². The average Bonchev–Trinajstić information content (AvgIpc) is 2.80. The Morgan fingerprint density at radius 3 is 2.56 bits per heavy atom. The molecular formula is C25H22BrN3O6S. The maximum absolute atomic E-state index is 13.2. The van der Waals surface area contributed by atoms with E-state index < -0.39 is 38.4 Å². The molecule has 4 rings (SSSR count). The summed E-state index contributed by atoms with van der Waals surface area (Å²) in [6.45, 7) is -0.00460. The predicted molar refractivity (Wildman–Crippen MR) is 134 cm³/mol. The fourth-order valence-corrected chi connectivity index (χ4v) is 6.14. The Hall–Kier alpha value is -3.62. The molecule has 11 heteroatoms. The molecule has 3 aromatic rings. The van der Waals surface area contributed by atoms with E-state index in [4.69, 9.17) is 0 Å². The number of hydrogen-bond acceptors (Lipinski definition) is 7. The van der Waals surface area contributed by atoms with Crippen molar-refractivity contribution in [2.24, 2.45) is 0 Å². The van der Waals surface area contributed by atoms with Gasteiger partial charge in [0.15, 0.2) is 9.84 Å². The zero-order valence-electron chi connectivity index (χ0n) is 18.9. The number of amides is 1. The quantitative estimate of drug-likeness (QED) is 0.338. The molecule has 1 amide bonds. The van der Waals surface area contributed by atoms with Gasteiger partial charge in [0.2, 0.25) is 5.56 Å². The van der Waals surface area contributed by atoms with Gasteiger partial charge in [-0.15, -0.1) is 0 Å². The van der Waals surface area contributed by atoms with Crippen LogP contribution in [0, 0.1) is 11.3 Å². The number of nitrogens with one attached hydrogen (secondary N) is 2. The number of hydrogen-bond donors (Lipinski definition) is 4. The van der Waals surface area contributed by atoms with Crippen molar-refractivity contribution < 1.29 is 23.4 Å². The van der Waals surface area contributed by atoms with E-state index in [1.165, 1.54) is 42.6 Å². The molecule has 1 heterocycles. The summed E-state index contributed by atoms with van der Waals surface area (Å²) in [5, 5.41) is 33.5. The first-order chi connectivity index (χ1) is 17.0. The van der Waals surface area contributed by atoms with Crippen LogP contribution >= 0.6 is 15.9 Å². The molecule has 186 valence electrons. The van der Waals surface area contributed by atoms with Crippen molar-refractivity contribution >= 4 is 31.7 Å². The van der Waals surface area contributed by atoms with Crippen LogP contribution < -0.4 is 10.9 Å². The minimum atomic E-state index is -4.14. The Morgan fingerprint density at radius 1 is 1.17 bits per heavy atom. The second-order valence-corrected chi connectivity index (χ2v) is 11.6. The van der Waals surface area contributed by atoms with Crippen molar-refractivity contribution in [2.45, 2.75) is 41.9 Å². The molecule has 1 saturated carbocycles. The number of aromatic nitrogens is 1. The molecule has 1 aliphatic carbocycles. The van der Waals surface area contributed by atoms with Gasteiger partial charge in [0.05, 0.1) is 22.8 Å². The molecule has 0 spiro atoms. The van der Waals surface area contributed by atoms with Crippen LogP contribution in [-0.4, -0.2) is 29.5 Å². The number of nitrogens with zero attached hydrogens (tertiary/aromatic N) is 1. The fraction of sp³-hybridized carbons (Fsp3) is 0.240. The Labute approximate surface area is 215 Å². The zero-order valence-corrected chi connectivity index (χ0v) is 21.3. The van der Waals surface area contributed by atoms with Crippen LogP contribution in [-0.2, 0) is 27.5 Å². The number of rotatable bonds is 7. The molecule has 0 bridgehead atoms. The van der Waals surface area contributed by atoms with Gasteiger partial charge in [0.1, 0.15) is 16.4 Å². The molecule has 9 nitrogen and oxygen atoms in total. The number of benzene rings is 2. The number of aromatic hydroxyl groups is 2. The minimum Gasteiger partial charge on any atom is -0.507 e. The third kappa shape index (κ3) is 5.01. The molecular weight excluding hydrogens is 550 g/mol. The summed E-state index contributed by atoms with van der Waals surface area (Å²) in [5.74, 6) is -2.37. The van der Waals surface area contributed by atoms with E-state index in [1.807, 2.05) is 0 Å². The van der Waals surface area contributed by atoms with Gasteiger partial charge >= 0.3 is 0 Å². The second-order valence-electron chi connectivity index (χ2n) is 8.69. The van der Waals surface area contributed by atoms with Gasteiger partial charge in [-0.25, -0.2) is 8.42 Å². The third-order valence-electron chi connectivity index (χ3n) is 6.30. The Kier molecular flexibility index (Phi) is 6.93. The Morgan fingerprint density at radius 2 is 1.92 bits per heavy atom. The molecule has 2 aromatic carbocycles. The molecule has 4 N–H and O–H groups in total. The number of sulfone groups is 1. The lowest BCUT2D eigenvalue weighted by molar-refractivity contribution is 0.0947. The largest absolute Gasteiger partial charge is 0.507 e. The highest BCUT2D eigenvalue weighted by molar-refractivity contribution is 9.10. The highest BCUT2D eigenvalue weighted by Gasteiger charge is 2.40. The summed E-state index contributed by atoms with van der Waals surface area (Å²) in [6.07, 6.45) is 3.33. The molecule has 36 heavy (non-hydrogen) atoms. The van der Waals surface area contributed by atoms with E-state index >= 15 is 0 Å². The number of carbonyl (C=O) groups is 1. The predicted octanol–water partition coefficient (Wildman–Crippen LogP) is 3.40. The van der Waals surface area contributed by atoms with E-state index in [2.05, 4.69) is 32.3 Å². The van der Waals surface area contributed by atoms with E-state index in [0.29, 0.717) is 28.4 Å². The van der Waals surface area contributed by atoms with Gasteiger partial charge in [-0.3, -0.25) is 9.59 Å². The normalized spacial score (nSPS) is 14.4. The van der Waals surface area contributed by atoms with E-state index in [-0.39, 0.29) is 28.1 Å². The minimum absolute atomic E-state index is 0.00460. The summed E-state index contributed by atoms with van der Waals surface area (Å²) in [6, 6.07) is 12.0. The summed E-state index contributed by atoms with van der Waals surface area (Å²) in [5.41, 5.74) is -0.485. The van der Waals surface area contributed by atoms with Crippen LogP contribution in [0.15, 0.2) is 62.8 Å². The van der Waals surface area contributed by atoms with Crippen molar-refractivity contribution in [1.82, 2.24) is 10.3 Å². The van der Waals surface area contributed by atoms with Crippen molar-refractivity contribution in [3.05, 3.63) is 85.7 Å². The molecule has 0 aliphatic heterocycles. The number of H-pyrrole nitrogens is 1. The SMILES string of the molecule is N#CC1(c2cc(CS(=O)(=O)c3cc(Br)ccc3O)c(O)c(C(=O)NCc3cc[nH]c(=O)c3)c2)CCC1. The van der Waals surface area contributed by atoms with Gasteiger partial charge in [-0.2, -0.15) is 5.26 Å². The van der Waals surface area contributed by atoms with Crippen molar-refractivity contribution in [3.8, 4) is 17.6 Å². The number of phenolic OH excluding ortho intramolecular Hbond substituents is 2. The lowest BCUT2D eigenvalue weighted by Crippen LogP contribution is -2.33. The summed E-state index contributed by atoms with van der Waals surface area (Å²) in [7, 11) is -4.14. The van der Waals surface area contributed by atoms with Gasteiger partial charge in [-0.1, -0.05) is 15.9 Å². The maximum Gasteiger partial charge on any atom is 0.255 e. The molecule has 0 saturated heterocycles. The molecule has 0 unspecified atom stereocenters. The summed E-state index contributed by atoms with van der Waals surface area (Å²) >= 11 is 3.19. The molecule has 1 aliphatic rings. The van der Waals surface area contributed by atoms with Crippen molar-refractivity contribution in [3.63, 3.8) is 0 Å². The summed E-state index contributed by atoms with van der Waals surface area (Å²) < 4.78 is 26.8. The maximum atomic E-state index is 13.2. The molecule has 0 atom stereocenters. The van der Waals surface area contributed by atoms with Crippen LogP contribution in [0.5, 0.6) is 11.5 Å². The fourth-order valence-electron chi connectivity index (χ4n) is 4.15. The Balaban J connectivity index is 1.74. The number of pyridine rings is 1. The third-order valence-corrected chi connectivity index (χ3v) is 8.48. The number of aromatic amines is 1. The van der Waals surface area contributed by atoms with Crippen LogP contribution in [0.3, 0.4) is 0 Å². The van der Waals surface area contributed by atoms with Crippen molar-refractivity contribution in [1.29, 1.82) is 5.26 Å². The molecule has 1 fully saturated rings. The number of nitriles is 1. The van der Waals surface area contributed by atoms with Crippen molar-refractivity contribution in [2.75, 3.05) is 0 Å². The summed E-state index contributed by atoms with van der Waals surface area (Å²) in [4.78, 5) is 26.7. The number of phenols is 2. The highest BCUT2D eigenvalue weighted by atomic mass is 79.9. The lowest BCUT2D eigenvalue weighted by atomic mass is 9.65. The van der Waals surface area contributed by atoms with Crippen LogP contribution in [0.1, 0.15) is 46.3 Å². The standard InChI is InChI=1S/C25H22BrN3O6S/c26-18-2-3-20(30)21(11-18)36(34,35)13-16-9-17(25(14-27)5-1-6-25)10-19(23(16)32)24(33)29-12-15-4-7-28-22(31)8-15/h2-4,7-11,30,32H,1,5-6,12-13H2,(H,28,31)(H,29,33). The first-order valence-corrected chi connectivity index (χ1v) is 13.4. The highest BCUT2D eigenvalue weighted by Crippen LogP contribution is 2.45. The Bertz CT molecular complexity index is 1550. The monoisotopic (exact) mass is 571 g/mol. The van der Waals surface area contributed by atoms with E-state index in [0.717, 1.165) is 6.42 Å². The topological polar surface area (TPSA) is 160 Å². The first kappa shape index (κ1) is 25.5. The lowest BCUT2D eigenvalue weighted by Gasteiger charge is -2.36. The molecule has 0 radical (unpaired) electrons. The van der Waals surface area contributed by atoms with Crippen LogP contribution in [0.4, 0.5) is 0 Å². The van der Waals surface area contributed by atoms with E-state index in [9.17, 15) is 33.5 Å². The number of carbonyl (C=O) groups excluding carboxylic acids is 1. The van der Waals surface area contributed by atoms with Gasteiger partial charge < -0.3 is 20.5 Å². The number of halogens is 1.